The molecule has 0 saturated carbocycles. The minimum Gasteiger partial charge on any atom is -0.276 e. The highest BCUT2D eigenvalue weighted by Crippen LogP contribution is 1.92. The highest BCUT2D eigenvalue weighted by molar-refractivity contribution is 5.07. The zero-order valence-electron chi connectivity index (χ0n) is 5.33. The molecule has 0 atom stereocenters. The van der Waals surface area contributed by atoms with Crippen LogP contribution < -0.4 is 0 Å². The van der Waals surface area contributed by atoms with E-state index in [9.17, 15) is 0 Å². The molecular formula is C7H8N2. The Morgan fingerprint density at radius 1 is 1.89 bits per heavy atom. The molecule has 0 N–H and O–H groups in total. The maximum atomic E-state index is 5.07. The average molecular weight is 120 g/mol. The van der Waals surface area contributed by atoms with Crippen molar-refractivity contribution in [2.75, 3.05) is 0 Å². The SMILES string of the molecule is C#CCc1ccn(C)n1. The van der Waals surface area contributed by atoms with Crippen LogP contribution in [0.4, 0.5) is 0 Å². The highest BCUT2D eigenvalue weighted by Gasteiger charge is 1.90. The maximum absolute atomic E-state index is 5.07. The molecule has 0 amide bonds. The fourth-order valence-electron chi connectivity index (χ4n) is 0.662. The van der Waals surface area contributed by atoms with E-state index >= 15 is 0 Å². The predicted molar refractivity (Wildman–Crippen MR) is 35.7 cm³/mol. The second kappa shape index (κ2) is 2.36. The molecule has 0 aliphatic carbocycles. The van der Waals surface area contributed by atoms with Crippen LogP contribution in [0.1, 0.15) is 5.69 Å². The van der Waals surface area contributed by atoms with E-state index in [1.54, 1.807) is 4.68 Å². The number of rotatable bonds is 1. The summed E-state index contributed by atoms with van der Waals surface area (Å²) in [7, 11) is 1.88. The van der Waals surface area contributed by atoms with E-state index in [0.29, 0.717) is 6.42 Å². The summed E-state index contributed by atoms with van der Waals surface area (Å²) in [5.41, 5.74) is 0.958. The number of hydrogen-bond donors (Lipinski definition) is 0. The van der Waals surface area contributed by atoms with Crippen molar-refractivity contribution in [1.82, 2.24) is 9.78 Å². The molecular weight excluding hydrogens is 112 g/mol. The fraction of sp³-hybridized carbons (Fsp3) is 0.286. The molecule has 9 heavy (non-hydrogen) atoms. The zero-order valence-corrected chi connectivity index (χ0v) is 5.33. The Hall–Kier alpha value is -1.23. The lowest BCUT2D eigenvalue weighted by Gasteiger charge is -1.83. The third-order valence-electron chi connectivity index (χ3n) is 1.05. The van der Waals surface area contributed by atoms with Gasteiger partial charge in [-0.2, -0.15) is 5.10 Å². The smallest absolute Gasteiger partial charge is 0.0743 e. The van der Waals surface area contributed by atoms with Gasteiger partial charge in [0.1, 0.15) is 0 Å². The van der Waals surface area contributed by atoms with Crippen LogP contribution >= 0.6 is 0 Å². The van der Waals surface area contributed by atoms with E-state index in [0.717, 1.165) is 5.69 Å². The number of nitrogens with zero attached hydrogens (tertiary/aromatic N) is 2. The van der Waals surface area contributed by atoms with Crippen molar-refractivity contribution in [2.24, 2.45) is 7.05 Å². The van der Waals surface area contributed by atoms with Crippen molar-refractivity contribution in [3.8, 4) is 12.3 Å². The third kappa shape index (κ3) is 1.33. The van der Waals surface area contributed by atoms with Crippen LogP contribution in [-0.4, -0.2) is 9.78 Å². The van der Waals surface area contributed by atoms with Crippen LogP contribution in [0.2, 0.25) is 0 Å². The highest BCUT2D eigenvalue weighted by atomic mass is 15.2. The molecule has 46 valence electrons. The summed E-state index contributed by atoms with van der Waals surface area (Å²) in [6.07, 6.45) is 7.58. The quantitative estimate of drug-likeness (QED) is 0.496. The Morgan fingerprint density at radius 3 is 3.11 bits per heavy atom. The van der Waals surface area contributed by atoms with Crippen molar-refractivity contribution in [1.29, 1.82) is 0 Å². The van der Waals surface area contributed by atoms with Gasteiger partial charge in [0.25, 0.3) is 0 Å². The van der Waals surface area contributed by atoms with Gasteiger partial charge in [-0.05, 0) is 6.07 Å². The number of terminal acetylenes is 1. The molecule has 0 unspecified atom stereocenters. The van der Waals surface area contributed by atoms with Gasteiger partial charge in [0.05, 0.1) is 12.1 Å². The van der Waals surface area contributed by atoms with Crippen LogP contribution in [-0.2, 0) is 13.5 Å². The van der Waals surface area contributed by atoms with Gasteiger partial charge in [-0.3, -0.25) is 4.68 Å². The van der Waals surface area contributed by atoms with E-state index in [1.165, 1.54) is 0 Å². The first-order valence-corrected chi connectivity index (χ1v) is 2.75. The van der Waals surface area contributed by atoms with E-state index in [2.05, 4.69) is 11.0 Å². The number of aryl methyl sites for hydroxylation is 1. The Kier molecular flexibility index (Phi) is 1.55. The lowest BCUT2D eigenvalue weighted by atomic mass is 10.3. The zero-order chi connectivity index (χ0) is 6.69. The second-order valence-corrected chi connectivity index (χ2v) is 1.86. The molecule has 0 aliphatic heterocycles. The van der Waals surface area contributed by atoms with Gasteiger partial charge in [0.2, 0.25) is 0 Å². The molecule has 2 heteroatoms. The van der Waals surface area contributed by atoms with Crippen molar-refractivity contribution >= 4 is 0 Å². The summed E-state index contributed by atoms with van der Waals surface area (Å²) in [6, 6.07) is 1.92. The van der Waals surface area contributed by atoms with Crippen LogP contribution in [0.15, 0.2) is 12.3 Å². The Morgan fingerprint density at radius 2 is 2.67 bits per heavy atom. The molecule has 0 saturated heterocycles. The molecule has 0 aromatic carbocycles. The second-order valence-electron chi connectivity index (χ2n) is 1.86. The van der Waals surface area contributed by atoms with Crippen molar-refractivity contribution < 1.29 is 0 Å². The van der Waals surface area contributed by atoms with Gasteiger partial charge in [-0.25, -0.2) is 0 Å². The molecule has 0 aliphatic rings. The topological polar surface area (TPSA) is 17.8 Å². The Labute approximate surface area is 54.5 Å². The van der Waals surface area contributed by atoms with E-state index in [4.69, 9.17) is 6.42 Å². The van der Waals surface area contributed by atoms with Crippen LogP contribution in [0.25, 0.3) is 0 Å². The monoisotopic (exact) mass is 120 g/mol. The molecule has 2 nitrogen and oxygen atoms in total. The van der Waals surface area contributed by atoms with Crippen molar-refractivity contribution in [3.63, 3.8) is 0 Å². The molecule has 1 aromatic rings. The molecule has 1 rings (SSSR count). The first kappa shape index (κ1) is 5.90. The van der Waals surface area contributed by atoms with Gasteiger partial charge in [0.15, 0.2) is 0 Å². The minimum absolute atomic E-state index is 0.626. The largest absolute Gasteiger partial charge is 0.276 e. The van der Waals surface area contributed by atoms with Gasteiger partial charge >= 0.3 is 0 Å². The molecule has 1 aromatic heterocycles. The summed E-state index contributed by atoms with van der Waals surface area (Å²) >= 11 is 0. The summed E-state index contributed by atoms with van der Waals surface area (Å²) in [6.45, 7) is 0. The lowest BCUT2D eigenvalue weighted by Crippen LogP contribution is -1.89. The van der Waals surface area contributed by atoms with E-state index in [-0.39, 0.29) is 0 Å². The molecule has 0 fully saturated rings. The normalized spacial score (nSPS) is 8.89. The molecule has 1 heterocycles. The summed E-state index contributed by atoms with van der Waals surface area (Å²) in [5, 5.41) is 4.07. The Balaban J connectivity index is 2.76. The molecule has 0 radical (unpaired) electrons. The standard InChI is InChI=1S/C7H8N2/c1-3-4-7-5-6-9(2)8-7/h1,5-6H,4H2,2H3. The minimum atomic E-state index is 0.626. The molecule has 0 bridgehead atoms. The summed E-state index contributed by atoms with van der Waals surface area (Å²) < 4.78 is 1.74. The van der Waals surface area contributed by atoms with E-state index in [1.807, 2.05) is 19.3 Å². The summed E-state index contributed by atoms with van der Waals surface area (Å²) in [4.78, 5) is 0. The fourth-order valence-corrected chi connectivity index (χ4v) is 0.662. The van der Waals surface area contributed by atoms with Gasteiger partial charge in [-0.15, -0.1) is 12.3 Å². The summed E-state index contributed by atoms with van der Waals surface area (Å²) in [5.74, 6) is 2.52. The number of aromatic nitrogens is 2. The third-order valence-corrected chi connectivity index (χ3v) is 1.05. The first-order valence-electron chi connectivity index (χ1n) is 2.75. The first-order chi connectivity index (χ1) is 4.33. The average Bonchev–Trinajstić information content (AvgIpc) is 2.17. The van der Waals surface area contributed by atoms with E-state index < -0.39 is 0 Å². The van der Waals surface area contributed by atoms with Crippen molar-refractivity contribution in [2.45, 2.75) is 6.42 Å². The van der Waals surface area contributed by atoms with Crippen LogP contribution in [0.3, 0.4) is 0 Å². The molecule has 0 spiro atoms. The number of hydrogen-bond acceptors (Lipinski definition) is 1. The van der Waals surface area contributed by atoms with Crippen LogP contribution in [0.5, 0.6) is 0 Å². The Bertz CT molecular complexity index is 229. The van der Waals surface area contributed by atoms with Gasteiger partial charge < -0.3 is 0 Å². The maximum Gasteiger partial charge on any atom is 0.0743 e. The van der Waals surface area contributed by atoms with Crippen LogP contribution in [0, 0.1) is 12.3 Å². The predicted octanol–water partition coefficient (Wildman–Crippen LogP) is 0.596. The van der Waals surface area contributed by atoms with Gasteiger partial charge in [-0.1, -0.05) is 0 Å². The van der Waals surface area contributed by atoms with Crippen molar-refractivity contribution in [3.05, 3.63) is 18.0 Å². The lowest BCUT2D eigenvalue weighted by molar-refractivity contribution is 0.752. The van der Waals surface area contributed by atoms with Gasteiger partial charge in [0, 0.05) is 13.2 Å².